The molecule has 0 bridgehead atoms. The number of aromatic nitrogens is 2. The van der Waals surface area contributed by atoms with E-state index in [0.29, 0.717) is 10.7 Å². The standard InChI is InChI=1S/C9H6ClIN2O2/c1-15-9(14)4-2-12-8-6(7(4)10)5(11)3-13-8/h2-3H,1H3,(H,12,13). The summed E-state index contributed by atoms with van der Waals surface area (Å²) in [5.41, 5.74) is 0.946. The largest absolute Gasteiger partial charge is 0.465 e. The Kier molecular flexibility index (Phi) is 2.83. The van der Waals surface area contributed by atoms with Gasteiger partial charge in [0, 0.05) is 16.0 Å². The molecule has 1 N–H and O–H groups in total. The average molecular weight is 337 g/mol. The molecule has 78 valence electrons. The first-order valence-corrected chi connectivity index (χ1v) is 5.50. The summed E-state index contributed by atoms with van der Waals surface area (Å²) in [5, 5.41) is 1.12. The number of halogens is 2. The van der Waals surface area contributed by atoms with E-state index in [1.54, 1.807) is 6.20 Å². The minimum absolute atomic E-state index is 0.282. The van der Waals surface area contributed by atoms with Crippen LogP contribution in [0.15, 0.2) is 12.4 Å². The Balaban J connectivity index is 2.74. The molecule has 2 heterocycles. The second-order valence-corrected chi connectivity index (χ2v) is 4.38. The Morgan fingerprint density at radius 2 is 2.40 bits per heavy atom. The molecule has 0 unspecified atom stereocenters. The van der Waals surface area contributed by atoms with Gasteiger partial charge in [0.15, 0.2) is 0 Å². The number of carbonyl (C=O) groups is 1. The van der Waals surface area contributed by atoms with Gasteiger partial charge in [-0.2, -0.15) is 0 Å². The number of aromatic amines is 1. The monoisotopic (exact) mass is 336 g/mol. The van der Waals surface area contributed by atoms with Crippen molar-refractivity contribution < 1.29 is 9.53 Å². The lowest BCUT2D eigenvalue weighted by Gasteiger charge is -2.02. The van der Waals surface area contributed by atoms with Crippen LogP contribution in [0.25, 0.3) is 11.0 Å². The molecule has 0 fully saturated rings. The number of hydrogen-bond donors (Lipinski definition) is 1. The lowest BCUT2D eigenvalue weighted by Crippen LogP contribution is -2.03. The van der Waals surface area contributed by atoms with Crippen LogP contribution < -0.4 is 0 Å². The van der Waals surface area contributed by atoms with Crippen molar-refractivity contribution in [3.8, 4) is 0 Å². The van der Waals surface area contributed by atoms with Gasteiger partial charge in [-0.05, 0) is 22.6 Å². The van der Waals surface area contributed by atoms with E-state index in [2.05, 4.69) is 37.3 Å². The van der Waals surface area contributed by atoms with Gasteiger partial charge in [0.2, 0.25) is 0 Å². The van der Waals surface area contributed by atoms with Gasteiger partial charge in [-0.25, -0.2) is 9.78 Å². The molecule has 0 spiro atoms. The zero-order chi connectivity index (χ0) is 11.0. The van der Waals surface area contributed by atoms with Crippen LogP contribution in [0.2, 0.25) is 5.02 Å². The highest BCUT2D eigenvalue weighted by molar-refractivity contribution is 14.1. The molecular weight excluding hydrogens is 330 g/mol. The van der Waals surface area contributed by atoms with E-state index in [9.17, 15) is 4.79 Å². The highest BCUT2D eigenvalue weighted by atomic mass is 127. The summed E-state index contributed by atoms with van der Waals surface area (Å²) in [6, 6.07) is 0. The lowest BCUT2D eigenvalue weighted by atomic mass is 10.2. The molecule has 2 aromatic heterocycles. The van der Waals surface area contributed by atoms with Crippen molar-refractivity contribution in [2.45, 2.75) is 0 Å². The molecule has 0 amide bonds. The Labute approximate surface area is 104 Å². The van der Waals surface area contributed by atoms with Crippen molar-refractivity contribution in [1.82, 2.24) is 9.97 Å². The predicted molar refractivity (Wildman–Crippen MR) is 65.2 cm³/mol. The van der Waals surface area contributed by atoms with Crippen molar-refractivity contribution in [2.24, 2.45) is 0 Å². The minimum atomic E-state index is -0.480. The second kappa shape index (κ2) is 3.97. The second-order valence-electron chi connectivity index (χ2n) is 2.84. The summed E-state index contributed by atoms with van der Waals surface area (Å²) in [5.74, 6) is -0.480. The lowest BCUT2D eigenvalue weighted by molar-refractivity contribution is 0.0600. The van der Waals surface area contributed by atoms with E-state index in [4.69, 9.17) is 11.6 Å². The van der Waals surface area contributed by atoms with E-state index in [0.717, 1.165) is 8.96 Å². The predicted octanol–water partition coefficient (Wildman–Crippen LogP) is 2.61. The fraction of sp³-hybridized carbons (Fsp3) is 0.111. The van der Waals surface area contributed by atoms with Gasteiger partial charge < -0.3 is 9.72 Å². The van der Waals surface area contributed by atoms with Crippen LogP contribution in [-0.2, 0) is 4.74 Å². The third-order valence-electron chi connectivity index (χ3n) is 2.00. The van der Waals surface area contributed by atoms with Gasteiger partial charge in [0.1, 0.15) is 5.65 Å². The Morgan fingerprint density at radius 3 is 3.07 bits per heavy atom. The van der Waals surface area contributed by atoms with E-state index < -0.39 is 5.97 Å². The molecular formula is C9H6ClIN2O2. The summed E-state index contributed by atoms with van der Waals surface area (Å²) in [6.07, 6.45) is 3.19. The number of ether oxygens (including phenoxy) is 1. The number of methoxy groups -OCH3 is 1. The molecule has 6 heteroatoms. The van der Waals surface area contributed by atoms with E-state index >= 15 is 0 Å². The number of pyridine rings is 1. The van der Waals surface area contributed by atoms with Crippen LogP contribution in [0.5, 0.6) is 0 Å². The fourth-order valence-corrected chi connectivity index (χ4v) is 2.43. The van der Waals surface area contributed by atoms with Crippen LogP contribution in [0.3, 0.4) is 0 Å². The number of H-pyrrole nitrogens is 1. The minimum Gasteiger partial charge on any atom is -0.465 e. The number of nitrogens with zero attached hydrogens (tertiary/aromatic N) is 1. The highest BCUT2D eigenvalue weighted by Gasteiger charge is 2.16. The maximum atomic E-state index is 11.4. The molecule has 0 saturated heterocycles. The summed E-state index contributed by atoms with van der Waals surface area (Å²) < 4.78 is 5.53. The topological polar surface area (TPSA) is 55.0 Å². The molecule has 0 aliphatic heterocycles. The van der Waals surface area contributed by atoms with Crippen LogP contribution in [0, 0.1) is 3.57 Å². The van der Waals surface area contributed by atoms with Crippen molar-refractivity contribution in [3.63, 3.8) is 0 Å². The van der Waals surface area contributed by atoms with Gasteiger partial charge in [-0.15, -0.1) is 0 Å². The summed E-state index contributed by atoms with van der Waals surface area (Å²) >= 11 is 8.22. The maximum absolute atomic E-state index is 11.4. The third kappa shape index (κ3) is 1.69. The van der Waals surface area contributed by atoms with Crippen LogP contribution in [0.4, 0.5) is 0 Å². The SMILES string of the molecule is COC(=O)c1cnc2[nH]cc(I)c2c1Cl. The highest BCUT2D eigenvalue weighted by Crippen LogP contribution is 2.29. The first kappa shape index (κ1) is 10.7. The zero-order valence-electron chi connectivity index (χ0n) is 7.67. The number of nitrogens with one attached hydrogen (secondary N) is 1. The molecule has 2 aromatic rings. The van der Waals surface area contributed by atoms with E-state index in [1.807, 2.05) is 0 Å². The Hall–Kier alpha value is -0.820. The molecule has 15 heavy (non-hydrogen) atoms. The van der Waals surface area contributed by atoms with Crippen molar-refractivity contribution in [1.29, 1.82) is 0 Å². The molecule has 0 aliphatic rings. The third-order valence-corrected chi connectivity index (χ3v) is 3.24. The van der Waals surface area contributed by atoms with E-state index in [-0.39, 0.29) is 5.56 Å². The molecule has 0 atom stereocenters. The summed E-state index contributed by atoms with van der Waals surface area (Å²) in [6.45, 7) is 0. The number of hydrogen-bond acceptors (Lipinski definition) is 3. The van der Waals surface area contributed by atoms with Gasteiger partial charge in [0.05, 0.1) is 23.1 Å². The van der Waals surface area contributed by atoms with Crippen molar-refractivity contribution in [3.05, 3.63) is 26.5 Å². The van der Waals surface area contributed by atoms with Gasteiger partial charge >= 0.3 is 5.97 Å². The zero-order valence-corrected chi connectivity index (χ0v) is 10.6. The molecule has 0 aromatic carbocycles. The quantitative estimate of drug-likeness (QED) is 0.643. The van der Waals surface area contributed by atoms with Crippen LogP contribution >= 0.6 is 34.2 Å². The molecule has 4 nitrogen and oxygen atoms in total. The smallest absolute Gasteiger partial charge is 0.340 e. The van der Waals surface area contributed by atoms with Gasteiger partial charge in [-0.1, -0.05) is 11.6 Å². The average Bonchev–Trinajstić information content (AvgIpc) is 2.61. The van der Waals surface area contributed by atoms with Gasteiger partial charge in [0.25, 0.3) is 0 Å². The van der Waals surface area contributed by atoms with Crippen LogP contribution in [0.1, 0.15) is 10.4 Å². The Bertz CT molecular complexity index is 538. The number of esters is 1. The van der Waals surface area contributed by atoms with Crippen LogP contribution in [-0.4, -0.2) is 23.0 Å². The van der Waals surface area contributed by atoms with Gasteiger partial charge in [-0.3, -0.25) is 0 Å². The molecule has 0 aliphatic carbocycles. The number of fused-ring (bicyclic) bond motifs is 1. The van der Waals surface area contributed by atoms with E-state index in [1.165, 1.54) is 13.3 Å². The first-order valence-electron chi connectivity index (χ1n) is 4.04. The maximum Gasteiger partial charge on any atom is 0.340 e. The fourth-order valence-electron chi connectivity index (χ4n) is 1.27. The molecule has 0 saturated carbocycles. The number of carbonyl (C=O) groups excluding carboxylic acids is 1. The van der Waals surface area contributed by atoms with Crippen molar-refractivity contribution >= 4 is 51.2 Å². The normalized spacial score (nSPS) is 10.6. The first-order chi connectivity index (χ1) is 7.15. The molecule has 2 rings (SSSR count). The van der Waals surface area contributed by atoms with Crippen molar-refractivity contribution in [2.75, 3.05) is 7.11 Å². The summed E-state index contributed by atoms with van der Waals surface area (Å²) in [7, 11) is 1.31. The Morgan fingerprint density at radius 1 is 1.67 bits per heavy atom. The number of rotatable bonds is 1. The summed E-state index contributed by atoms with van der Waals surface area (Å²) in [4.78, 5) is 18.4. The molecule has 0 radical (unpaired) electrons.